The van der Waals surface area contributed by atoms with Crippen LogP contribution in [-0.2, 0) is 11.3 Å². The second-order valence-corrected chi connectivity index (χ2v) is 3.58. The number of carbonyl (C=O) groups excluding carboxylic acids is 1. The molecule has 0 fully saturated rings. The van der Waals surface area contributed by atoms with E-state index in [1.54, 1.807) is 12.1 Å². The highest BCUT2D eigenvalue weighted by Crippen LogP contribution is 2.17. The van der Waals surface area contributed by atoms with Crippen molar-refractivity contribution in [3.05, 3.63) is 65.7 Å². The number of ether oxygens (including phenoxy) is 1. The number of esters is 1. The first kappa shape index (κ1) is 13.7. The van der Waals surface area contributed by atoms with Gasteiger partial charge in [-0.3, -0.25) is 0 Å². The zero-order valence-electron chi connectivity index (χ0n) is 9.67. The average Bonchev–Trinajstić information content (AvgIpc) is 2.38. The van der Waals surface area contributed by atoms with E-state index in [1.807, 2.05) is 30.3 Å². The van der Waals surface area contributed by atoms with Crippen molar-refractivity contribution in [3.8, 4) is 5.75 Å². The van der Waals surface area contributed by atoms with Gasteiger partial charge in [0.1, 0.15) is 17.9 Å². The van der Waals surface area contributed by atoms with Gasteiger partial charge < -0.3 is 15.3 Å². The summed E-state index contributed by atoms with van der Waals surface area (Å²) in [6.45, 7) is 0.202. The Morgan fingerprint density at radius 1 is 1.00 bits per heavy atom. The molecule has 4 heteroatoms. The van der Waals surface area contributed by atoms with Gasteiger partial charge in [0.25, 0.3) is 0 Å². The van der Waals surface area contributed by atoms with Crippen LogP contribution >= 0.6 is 0 Å². The molecule has 0 amide bonds. The molecule has 0 atom stereocenters. The summed E-state index contributed by atoms with van der Waals surface area (Å²) in [6, 6.07) is 15.7. The largest absolute Gasteiger partial charge is 0.507 e. The van der Waals surface area contributed by atoms with Crippen LogP contribution < -0.4 is 0 Å². The maximum Gasteiger partial charge on any atom is 0.342 e. The molecule has 0 aliphatic rings. The molecule has 2 aromatic carbocycles. The van der Waals surface area contributed by atoms with Gasteiger partial charge >= 0.3 is 5.97 Å². The van der Waals surface area contributed by atoms with E-state index < -0.39 is 5.97 Å². The molecule has 2 rings (SSSR count). The maximum absolute atomic E-state index is 11.7. The minimum absolute atomic E-state index is 0. The normalized spacial score (nSPS) is 9.33. The van der Waals surface area contributed by atoms with Gasteiger partial charge in [0.05, 0.1) is 0 Å². The first-order chi connectivity index (χ1) is 8.27. The summed E-state index contributed by atoms with van der Waals surface area (Å²) in [7, 11) is 0. The molecule has 0 saturated carbocycles. The smallest absolute Gasteiger partial charge is 0.342 e. The van der Waals surface area contributed by atoms with Crippen LogP contribution in [0.15, 0.2) is 54.6 Å². The lowest BCUT2D eigenvalue weighted by Gasteiger charge is -2.05. The van der Waals surface area contributed by atoms with Gasteiger partial charge in [0.2, 0.25) is 0 Å². The van der Waals surface area contributed by atoms with Crippen LogP contribution in [0.3, 0.4) is 0 Å². The van der Waals surface area contributed by atoms with Gasteiger partial charge in [0.15, 0.2) is 0 Å². The van der Waals surface area contributed by atoms with E-state index in [9.17, 15) is 9.90 Å². The lowest BCUT2D eigenvalue weighted by atomic mass is 10.2. The number of carbonyl (C=O) groups is 1. The van der Waals surface area contributed by atoms with E-state index in [2.05, 4.69) is 0 Å². The number of aromatic hydroxyl groups is 1. The number of para-hydroxylation sites is 1. The second kappa shape index (κ2) is 6.42. The van der Waals surface area contributed by atoms with Crippen molar-refractivity contribution in [3.63, 3.8) is 0 Å². The third-order valence-corrected chi connectivity index (χ3v) is 2.34. The van der Waals surface area contributed by atoms with Crippen LogP contribution in [0.1, 0.15) is 15.9 Å². The fraction of sp³-hybridized carbons (Fsp3) is 0.0714. The van der Waals surface area contributed by atoms with Crippen molar-refractivity contribution in [1.29, 1.82) is 0 Å². The van der Waals surface area contributed by atoms with Gasteiger partial charge in [0, 0.05) is 0 Å². The molecule has 2 aromatic rings. The van der Waals surface area contributed by atoms with Crippen LogP contribution in [0.2, 0.25) is 0 Å². The first-order valence-electron chi connectivity index (χ1n) is 5.26. The van der Waals surface area contributed by atoms with E-state index in [0.717, 1.165) is 5.56 Å². The SMILES string of the molecule is O.O=C(OCc1ccccc1)c1ccccc1O. The summed E-state index contributed by atoms with van der Waals surface area (Å²) in [5, 5.41) is 9.48. The van der Waals surface area contributed by atoms with Crippen LogP contribution in [0.4, 0.5) is 0 Å². The molecule has 0 aliphatic carbocycles. The fourth-order valence-electron chi connectivity index (χ4n) is 1.45. The number of phenolic OH excluding ortho intramolecular Hbond substituents is 1. The summed E-state index contributed by atoms with van der Waals surface area (Å²) in [5.41, 5.74) is 1.10. The van der Waals surface area contributed by atoms with Gasteiger partial charge in [-0.05, 0) is 17.7 Å². The minimum Gasteiger partial charge on any atom is -0.507 e. The number of rotatable bonds is 3. The molecule has 0 unspecified atom stereocenters. The highest BCUT2D eigenvalue weighted by molar-refractivity contribution is 5.92. The molecule has 0 aliphatic heterocycles. The summed E-state index contributed by atoms with van der Waals surface area (Å²) in [6.07, 6.45) is 0. The lowest BCUT2D eigenvalue weighted by Crippen LogP contribution is -2.05. The molecule has 0 saturated heterocycles. The highest BCUT2D eigenvalue weighted by atomic mass is 16.5. The van der Waals surface area contributed by atoms with E-state index in [-0.39, 0.29) is 23.4 Å². The topological polar surface area (TPSA) is 78.0 Å². The fourth-order valence-corrected chi connectivity index (χ4v) is 1.45. The number of hydrogen-bond donors (Lipinski definition) is 1. The van der Waals surface area contributed by atoms with E-state index in [1.165, 1.54) is 12.1 Å². The standard InChI is InChI=1S/C14H12O3.H2O/c15-13-9-5-4-8-12(13)14(16)17-10-11-6-2-1-3-7-11;/h1-9,15H,10H2;1H2. The molecule has 94 valence electrons. The monoisotopic (exact) mass is 246 g/mol. The molecule has 18 heavy (non-hydrogen) atoms. The van der Waals surface area contributed by atoms with Crippen molar-refractivity contribution in [2.24, 2.45) is 0 Å². The Balaban J connectivity index is 0.00000162. The van der Waals surface area contributed by atoms with Crippen LogP contribution in [0.25, 0.3) is 0 Å². The Bertz CT molecular complexity index is 508. The zero-order chi connectivity index (χ0) is 12.1. The molecule has 0 spiro atoms. The Morgan fingerprint density at radius 2 is 1.61 bits per heavy atom. The molecule has 0 radical (unpaired) electrons. The quantitative estimate of drug-likeness (QED) is 0.840. The third kappa shape index (κ3) is 3.33. The Kier molecular flexibility index (Phi) is 4.90. The van der Waals surface area contributed by atoms with E-state index >= 15 is 0 Å². The zero-order valence-corrected chi connectivity index (χ0v) is 9.67. The summed E-state index contributed by atoms with van der Waals surface area (Å²) >= 11 is 0. The Morgan fingerprint density at radius 3 is 2.28 bits per heavy atom. The number of benzene rings is 2. The molecular weight excluding hydrogens is 232 g/mol. The highest BCUT2D eigenvalue weighted by Gasteiger charge is 2.11. The molecule has 3 N–H and O–H groups in total. The lowest BCUT2D eigenvalue weighted by molar-refractivity contribution is 0.0469. The van der Waals surface area contributed by atoms with Crippen molar-refractivity contribution in [2.45, 2.75) is 6.61 Å². The average molecular weight is 246 g/mol. The second-order valence-electron chi connectivity index (χ2n) is 3.58. The van der Waals surface area contributed by atoms with Gasteiger partial charge in [-0.15, -0.1) is 0 Å². The van der Waals surface area contributed by atoms with Crippen LogP contribution in [0.5, 0.6) is 5.75 Å². The summed E-state index contributed by atoms with van der Waals surface area (Å²) in [4.78, 5) is 11.7. The van der Waals surface area contributed by atoms with E-state index in [0.29, 0.717) is 0 Å². The molecule has 0 aromatic heterocycles. The molecule has 0 bridgehead atoms. The van der Waals surface area contributed by atoms with Crippen molar-refractivity contribution >= 4 is 5.97 Å². The molecular formula is C14H14O4. The first-order valence-corrected chi connectivity index (χ1v) is 5.26. The van der Waals surface area contributed by atoms with Gasteiger partial charge in [-0.1, -0.05) is 42.5 Å². The van der Waals surface area contributed by atoms with Gasteiger partial charge in [-0.25, -0.2) is 4.79 Å². The summed E-state index contributed by atoms with van der Waals surface area (Å²) < 4.78 is 5.10. The third-order valence-electron chi connectivity index (χ3n) is 2.34. The Labute approximate surface area is 105 Å². The van der Waals surface area contributed by atoms with Crippen LogP contribution in [0, 0.1) is 0 Å². The predicted molar refractivity (Wildman–Crippen MR) is 67.3 cm³/mol. The maximum atomic E-state index is 11.7. The molecule has 0 heterocycles. The minimum atomic E-state index is -0.521. The predicted octanol–water partition coefficient (Wildman–Crippen LogP) is 1.92. The van der Waals surface area contributed by atoms with Crippen molar-refractivity contribution in [2.75, 3.05) is 0 Å². The number of phenols is 1. The molecule has 4 nitrogen and oxygen atoms in total. The summed E-state index contributed by atoms with van der Waals surface area (Å²) in [5.74, 6) is -0.586. The van der Waals surface area contributed by atoms with Gasteiger partial charge in [-0.2, -0.15) is 0 Å². The van der Waals surface area contributed by atoms with E-state index in [4.69, 9.17) is 4.74 Å². The van der Waals surface area contributed by atoms with Crippen molar-refractivity contribution in [1.82, 2.24) is 0 Å². The number of hydrogen-bond acceptors (Lipinski definition) is 3. The Hall–Kier alpha value is -2.33. The van der Waals surface area contributed by atoms with Crippen molar-refractivity contribution < 1.29 is 20.1 Å². The van der Waals surface area contributed by atoms with Crippen LogP contribution in [-0.4, -0.2) is 16.6 Å².